The van der Waals surface area contributed by atoms with Crippen molar-refractivity contribution in [3.8, 4) is 11.5 Å². The predicted octanol–water partition coefficient (Wildman–Crippen LogP) is 4.24. The minimum Gasteiger partial charge on any atom is -0.493 e. The standard InChI is InChI=1S/C25H31N3O4/c1-4-5-8-15-32-22-12-11-19(16-23(22)31-3)18(2)27-24(29)13-14-28-17-26-21-10-7-6-9-20(21)25(28)30/h6-7,9-12,16-18H,4-5,8,13-15H2,1-3H3,(H,27,29). The van der Waals surface area contributed by atoms with Crippen LogP contribution in [0.5, 0.6) is 11.5 Å². The smallest absolute Gasteiger partial charge is 0.261 e. The van der Waals surface area contributed by atoms with E-state index in [9.17, 15) is 9.59 Å². The molecule has 0 fully saturated rings. The lowest BCUT2D eigenvalue weighted by atomic mass is 10.1. The van der Waals surface area contributed by atoms with Crippen LogP contribution in [0.3, 0.4) is 0 Å². The first-order chi connectivity index (χ1) is 15.5. The Morgan fingerprint density at radius 3 is 2.75 bits per heavy atom. The number of hydrogen-bond donors (Lipinski definition) is 1. The number of unbranched alkanes of at least 4 members (excludes halogenated alkanes) is 2. The number of carbonyl (C=O) groups is 1. The number of aryl methyl sites for hydroxylation is 1. The molecule has 0 aliphatic rings. The highest BCUT2D eigenvalue weighted by atomic mass is 16.5. The third kappa shape index (κ3) is 5.87. The van der Waals surface area contributed by atoms with Crippen LogP contribution >= 0.6 is 0 Å². The van der Waals surface area contributed by atoms with Gasteiger partial charge in [-0.15, -0.1) is 0 Å². The molecule has 7 nitrogen and oxygen atoms in total. The second-order valence-electron chi connectivity index (χ2n) is 7.77. The Hall–Kier alpha value is -3.35. The van der Waals surface area contributed by atoms with E-state index in [2.05, 4.69) is 17.2 Å². The monoisotopic (exact) mass is 437 g/mol. The molecule has 0 saturated heterocycles. The number of carbonyl (C=O) groups excluding carboxylic acids is 1. The molecule has 7 heteroatoms. The number of nitrogens with zero attached hydrogens (tertiary/aromatic N) is 2. The molecule has 1 N–H and O–H groups in total. The zero-order valence-electron chi connectivity index (χ0n) is 19.0. The number of hydrogen-bond acceptors (Lipinski definition) is 5. The Morgan fingerprint density at radius 2 is 1.97 bits per heavy atom. The molecule has 3 rings (SSSR count). The summed E-state index contributed by atoms with van der Waals surface area (Å²) in [5.41, 5.74) is 1.43. The summed E-state index contributed by atoms with van der Waals surface area (Å²) in [5.74, 6) is 1.21. The number of fused-ring (bicyclic) bond motifs is 1. The SMILES string of the molecule is CCCCCOc1ccc(C(C)NC(=O)CCn2cnc3ccccc3c2=O)cc1OC. The number of amides is 1. The van der Waals surface area contributed by atoms with Crippen LogP contribution in [0.2, 0.25) is 0 Å². The Labute approximate surface area is 188 Å². The van der Waals surface area contributed by atoms with Crippen molar-refractivity contribution in [2.75, 3.05) is 13.7 Å². The van der Waals surface area contributed by atoms with Gasteiger partial charge in [-0.2, -0.15) is 0 Å². The Morgan fingerprint density at radius 1 is 1.16 bits per heavy atom. The summed E-state index contributed by atoms with van der Waals surface area (Å²) in [5, 5.41) is 3.53. The van der Waals surface area contributed by atoms with Gasteiger partial charge in [0.15, 0.2) is 11.5 Å². The predicted molar refractivity (Wildman–Crippen MR) is 125 cm³/mol. The van der Waals surface area contributed by atoms with Crippen LogP contribution in [-0.4, -0.2) is 29.2 Å². The summed E-state index contributed by atoms with van der Waals surface area (Å²) in [6.45, 7) is 4.99. The molecule has 0 saturated carbocycles. The van der Waals surface area contributed by atoms with Crippen LogP contribution in [0.15, 0.2) is 53.6 Å². The fraction of sp³-hybridized carbons (Fsp3) is 0.400. The first kappa shape index (κ1) is 23.3. The number of aromatic nitrogens is 2. The van der Waals surface area contributed by atoms with E-state index in [-0.39, 0.29) is 30.5 Å². The lowest BCUT2D eigenvalue weighted by Gasteiger charge is -2.17. The van der Waals surface area contributed by atoms with Gasteiger partial charge in [-0.3, -0.25) is 14.2 Å². The second kappa shape index (κ2) is 11.3. The number of nitrogens with one attached hydrogen (secondary N) is 1. The molecule has 0 spiro atoms. The zero-order valence-corrected chi connectivity index (χ0v) is 19.0. The summed E-state index contributed by atoms with van der Waals surface area (Å²) in [6, 6.07) is 12.7. The molecule has 1 amide bonds. The summed E-state index contributed by atoms with van der Waals surface area (Å²) in [7, 11) is 1.61. The highest BCUT2D eigenvalue weighted by Gasteiger charge is 2.14. The van der Waals surface area contributed by atoms with Crippen molar-refractivity contribution in [1.29, 1.82) is 0 Å². The number of methoxy groups -OCH3 is 1. The third-order valence-corrected chi connectivity index (χ3v) is 5.38. The quantitative estimate of drug-likeness (QED) is 0.454. The fourth-order valence-electron chi connectivity index (χ4n) is 3.49. The summed E-state index contributed by atoms with van der Waals surface area (Å²) < 4.78 is 12.8. The maximum Gasteiger partial charge on any atom is 0.261 e. The molecular weight excluding hydrogens is 406 g/mol. The Balaban J connectivity index is 1.58. The Kier molecular flexibility index (Phi) is 8.25. The van der Waals surface area contributed by atoms with Crippen molar-refractivity contribution >= 4 is 16.8 Å². The summed E-state index contributed by atoms with van der Waals surface area (Å²) in [6.07, 6.45) is 4.95. The summed E-state index contributed by atoms with van der Waals surface area (Å²) in [4.78, 5) is 29.4. The maximum atomic E-state index is 12.6. The van der Waals surface area contributed by atoms with Crippen molar-refractivity contribution in [2.24, 2.45) is 0 Å². The van der Waals surface area contributed by atoms with Crippen molar-refractivity contribution in [3.05, 3.63) is 64.7 Å². The number of ether oxygens (including phenoxy) is 2. The van der Waals surface area contributed by atoms with E-state index in [0.29, 0.717) is 29.0 Å². The molecule has 2 aromatic carbocycles. The lowest BCUT2D eigenvalue weighted by Crippen LogP contribution is -2.29. The van der Waals surface area contributed by atoms with Gasteiger partial charge in [0, 0.05) is 13.0 Å². The van der Waals surface area contributed by atoms with Gasteiger partial charge in [0.05, 0.1) is 37.0 Å². The van der Waals surface area contributed by atoms with Crippen molar-refractivity contribution in [2.45, 2.75) is 52.1 Å². The van der Waals surface area contributed by atoms with E-state index < -0.39 is 0 Å². The number of rotatable bonds is 11. The molecule has 0 aliphatic heterocycles. The van der Waals surface area contributed by atoms with Gasteiger partial charge in [-0.25, -0.2) is 4.98 Å². The van der Waals surface area contributed by atoms with Gasteiger partial charge in [-0.1, -0.05) is 38.0 Å². The minimum absolute atomic E-state index is 0.142. The average molecular weight is 438 g/mol. The molecule has 1 aromatic heterocycles. The van der Waals surface area contributed by atoms with Gasteiger partial charge in [0.1, 0.15) is 0 Å². The molecule has 1 unspecified atom stereocenters. The largest absolute Gasteiger partial charge is 0.493 e. The van der Waals surface area contributed by atoms with Crippen LogP contribution in [0, 0.1) is 0 Å². The molecule has 1 atom stereocenters. The van der Waals surface area contributed by atoms with E-state index in [1.165, 1.54) is 10.9 Å². The normalized spacial score (nSPS) is 11.8. The minimum atomic E-state index is -0.211. The molecule has 3 aromatic rings. The van der Waals surface area contributed by atoms with Gasteiger partial charge in [-0.05, 0) is 43.2 Å². The van der Waals surface area contributed by atoms with Gasteiger partial charge in [0.2, 0.25) is 5.91 Å². The molecule has 0 radical (unpaired) electrons. The molecule has 32 heavy (non-hydrogen) atoms. The van der Waals surface area contributed by atoms with Crippen LogP contribution in [-0.2, 0) is 11.3 Å². The molecule has 0 aliphatic carbocycles. The van der Waals surface area contributed by atoms with Gasteiger partial charge >= 0.3 is 0 Å². The fourth-order valence-corrected chi connectivity index (χ4v) is 3.49. The van der Waals surface area contributed by atoms with Gasteiger partial charge in [0.25, 0.3) is 5.56 Å². The first-order valence-corrected chi connectivity index (χ1v) is 11.1. The lowest BCUT2D eigenvalue weighted by molar-refractivity contribution is -0.121. The van der Waals surface area contributed by atoms with Crippen molar-refractivity contribution < 1.29 is 14.3 Å². The van der Waals surface area contributed by atoms with Crippen LogP contribution < -0.4 is 20.3 Å². The van der Waals surface area contributed by atoms with Crippen molar-refractivity contribution in [1.82, 2.24) is 14.9 Å². The number of benzene rings is 2. The van der Waals surface area contributed by atoms with E-state index in [1.54, 1.807) is 25.3 Å². The first-order valence-electron chi connectivity index (χ1n) is 11.1. The van der Waals surface area contributed by atoms with Crippen LogP contribution in [0.1, 0.15) is 51.1 Å². The van der Waals surface area contributed by atoms with E-state index >= 15 is 0 Å². The zero-order chi connectivity index (χ0) is 22.9. The van der Waals surface area contributed by atoms with Crippen molar-refractivity contribution in [3.63, 3.8) is 0 Å². The Bertz CT molecular complexity index is 1110. The molecule has 1 heterocycles. The third-order valence-electron chi connectivity index (χ3n) is 5.38. The highest BCUT2D eigenvalue weighted by molar-refractivity contribution is 5.77. The topological polar surface area (TPSA) is 82.5 Å². The highest BCUT2D eigenvalue weighted by Crippen LogP contribution is 2.30. The molecule has 170 valence electrons. The van der Waals surface area contributed by atoms with Crippen LogP contribution in [0.4, 0.5) is 0 Å². The van der Waals surface area contributed by atoms with Crippen LogP contribution in [0.25, 0.3) is 10.9 Å². The van der Waals surface area contributed by atoms with E-state index in [4.69, 9.17) is 9.47 Å². The van der Waals surface area contributed by atoms with Gasteiger partial charge < -0.3 is 14.8 Å². The molecular formula is C25H31N3O4. The average Bonchev–Trinajstić information content (AvgIpc) is 2.81. The maximum absolute atomic E-state index is 12.6. The second-order valence-corrected chi connectivity index (χ2v) is 7.77. The molecule has 0 bridgehead atoms. The van der Waals surface area contributed by atoms with E-state index in [0.717, 1.165) is 24.8 Å². The summed E-state index contributed by atoms with van der Waals surface area (Å²) >= 11 is 0. The number of para-hydroxylation sites is 1. The van der Waals surface area contributed by atoms with E-state index in [1.807, 2.05) is 31.2 Å².